The van der Waals surface area contributed by atoms with E-state index in [4.69, 9.17) is 9.47 Å². The average molecular weight is 379 g/mol. The zero-order chi connectivity index (χ0) is 16.9. The molecule has 0 aliphatic carbocycles. The summed E-state index contributed by atoms with van der Waals surface area (Å²) in [4.78, 5) is 12.8. The summed E-state index contributed by atoms with van der Waals surface area (Å²) >= 11 is -1.98. The first-order valence-corrected chi connectivity index (χ1v) is 14.6. The van der Waals surface area contributed by atoms with Crippen LogP contribution in [0.1, 0.15) is 39.7 Å². The summed E-state index contributed by atoms with van der Waals surface area (Å²) in [5, 5.41) is 3.90. The molecular formula is C19H30GeO3. The number of carbonyl (C=O) groups is 1. The van der Waals surface area contributed by atoms with Crippen LogP contribution in [0.25, 0.3) is 0 Å². The van der Waals surface area contributed by atoms with Gasteiger partial charge < -0.3 is 0 Å². The van der Waals surface area contributed by atoms with Gasteiger partial charge in [-0.2, -0.15) is 0 Å². The Bertz CT molecular complexity index is 504. The van der Waals surface area contributed by atoms with E-state index in [0.29, 0.717) is 18.0 Å². The average Bonchev–Trinajstić information content (AvgIpc) is 3.05. The summed E-state index contributed by atoms with van der Waals surface area (Å²) in [7, 11) is 0. The number of esters is 1. The molecule has 0 spiro atoms. The normalized spacial score (nSPS) is 24.6. The van der Waals surface area contributed by atoms with Crippen LogP contribution in [0.3, 0.4) is 0 Å². The molecule has 1 saturated heterocycles. The van der Waals surface area contributed by atoms with E-state index in [1.807, 2.05) is 37.3 Å². The third kappa shape index (κ3) is 3.36. The number of hydrogen-bond donors (Lipinski definition) is 0. The van der Waals surface area contributed by atoms with Gasteiger partial charge in [0.15, 0.2) is 0 Å². The molecule has 23 heavy (non-hydrogen) atoms. The molecular weight excluding hydrogens is 349 g/mol. The van der Waals surface area contributed by atoms with Crippen molar-refractivity contribution < 1.29 is 14.3 Å². The van der Waals surface area contributed by atoms with Gasteiger partial charge in [-0.25, -0.2) is 0 Å². The molecule has 1 aromatic carbocycles. The van der Waals surface area contributed by atoms with E-state index < -0.39 is 18.9 Å². The van der Waals surface area contributed by atoms with Crippen LogP contribution in [0.5, 0.6) is 0 Å². The van der Waals surface area contributed by atoms with Crippen LogP contribution in [-0.2, 0) is 19.9 Å². The van der Waals surface area contributed by atoms with Crippen LogP contribution in [0.4, 0.5) is 0 Å². The second-order valence-electron chi connectivity index (χ2n) is 6.55. The van der Waals surface area contributed by atoms with Crippen molar-refractivity contribution in [1.82, 2.24) is 0 Å². The maximum absolute atomic E-state index is 12.8. The molecule has 128 valence electrons. The zero-order valence-electron chi connectivity index (χ0n) is 14.9. The Balaban J connectivity index is 2.37. The third-order valence-electron chi connectivity index (χ3n) is 5.89. The fourth-order valence-corrected chi connectivity index (χ4v) is 13.3. The van der Waals surface area contributed by atoms with E-state index in [9.17, 15) is 4.79 Å². The van der Waals surface area contributed by atoms with E-state index in [-0.39, 0.29) is 5.97 Å². The molecule has 3 nitrogen and oxygen atoms in total. The number of ether oxygens (including phenoxy) is 2. The van der Waals surface area contributed by atoms with Crippen molar-refractivity contribution in [2.75, 3.05) is 13.2 Å². The van der Waals surface area contributed by atoms with Gasteiger partial charge >= 0.3 is 143 Å². The van der Waals surface area contributed by atoms with Gasteiger partial charge in [0.25, 0.3) is 0 Å². The molecule has 0 unspecified atom stereocenters. The van der Waals surface area contributed by atoms with Gasteiger partial charge in [-0.1, -0.05) is 0 Å². The van der Waals surface area contributed by atoms with Gasteiger partial charge in [0, 0.05) is 0 Å². The van der Waals surface area contributed by atoms with Crippen LogP contribution in [0, 0.1) is 0 Å². The first-order valence-electron chi connectivity index (χ1n) is 8.95. The Kier molecular flexibility index (Phi) is 6.32. The quantitative estimate of drug-likeness (QED) is 0.507. The third-order valence-corrected chi connectivity index (χ3v) is 19.2. The second-order valence-corrected chi connectivity index (χ2v) is 18.4. The Morgan fingerprint density at radius 1 is 1.17 bits per heavy atom. The van der Waals surface area contributed by atoms with Gasteiger partial charge in [-0.15, -0.1) is 0 Å². The number of carbonyl (C=O) groups excluding carboxylic acids is 1. The number of hydrogen-bond acceptors (Lipinski definition) is 3. The predicted molar refractivity (Wildman–Crippen MR) is 96.3 cm³/mol. The van der Waals surface area contributed by atoms with Gasteiger partial charge in [-0.05, 0) is 0 Å². The minimum atomic E-state index is -1.98. The molecule has 0 aromatic heterocycles. The van der Waals surface area contributed by atoms with Crippen molar-refractivity contribution in [1.29, 1.82) is 0 Å². The van der Waals surface area contributed by atoms with Gasteiger partial charge in [-0.3, -0.25) is 0 Å². The van der Waals surface area contributed by atoms with Crippen LogP contribution in [-0.4, -0.2) is 32.4 Å². The molecule has 0 bridgehead atoms. The SMILES string of the molecule is CCOC(=O)[C@]1(c2ccccc2)C[C@H]([Ge]([CH2]C)([CH2]C)[CH2]C)CO1. The predicted octanol–water partition coefficient (Wildman–Crippen LogP) is 4.74. The van der Waals surface area contributed by atoms with E-state index in [0.717, 1.165) is 12.0 Å². The van der Waals surface area contributed by atoms with Crippen molar-refractivity contribution in [3.05, 3.63) is 35.9 Å². The molecule has 0 saturated carbocycles. The molecule has 0 radical (unpaired) electrons. The molecule has 4 heteroatoms. The number of rotatable bonds is 7. The standard InChI is InChI=1S/C19H30GeO3/c1-5-20(6-2,7-3)17-14-19(23-15-17,18(21)22-8-4)16-12-10-9-11-13-16/h9-13,17H,5-8,14-15H2,1-4H3/t17-,19+/m0/s1. The van der Waals surface area contributed by atoms with Crippen LogP contribution in [0.15, 0.2) is 30.3 Å². The molecule has 1 heterocycles. The molecule has 0 N–H and O–H groups in total. The molecule has 1 aliphatic rings. The Morgan fingerprint density at radius 3 is 2.30 bits per heavy atom. The summed E-state index contributed by atoms with van der Waals surface area (Å²) in [5.74, 6) is -0.215. The van der Waals surface area contributed by atoms with Crippen LogP contribution >= 0.6 is 0 Å². The van der Waals surface area contributed by atoms with Crippen LogP contribution < -0.4 is 0 Å². The topological polar surface area (TPSA) is 35.5 Å². The van der Waals surface area contributed by atoms with E-state index in [2.05, 4.69) is 20.8 Å². The Labute approximate surface area is 143 Å². The zero-order valence-corrected chi connectivity index (χ0v) is 17.0. The summed E-state index contributed by atoms with van der Waals surface area (Å²) in [5.41, 5.74) is 0.0540. The Morgan fingerprint density at radius 2 is 1.78 bits per heavy atom. The van der Waals surface area contributed by atoms with Crippen molar-refractivity contribution in [2.45, 2.75) is 60.2 Å². The first kappa shape index (κ1) is 18.5. The van der Waals surface area contributed by atoms with E-state index in [1.165, 1.54) is 15.8 Å². The molecule has 1 fully saturated rings. The fraction of sp³-hybridized carbons (Fsp3) is 0.632. The fourth-order valence-electron chi connectivity index (χ4n) is 4.13. The molecule has 0 amide bonds. The van der Waals surface area contributed by atoms with E-state index >= 15 is 0 Å². The van der Waals surface area contributed by atoms with E-state index in [1.54, 1.807) is 0 Å². The minimum absolute atomic E-state index is 0.215. The summed E-state index contributed by atoms with van der Waals surface area (Å²) < 4.78 is 12.2. The number of benzene rings is 1. The van der Waals surface area contributed by atoms with Crippen molar-refractivity contribution >= 4 is 19.2 Å². The first-order chi connectivity index (χ1) is 11.1. The maximum atomic E-state index is 12.8. The molecule has 2 rings (SSSR count). The van der Waals surface area contributed by atoms with Crippen LogP contribution in [0.2, 0.25) is 20.5 Å². The Hall–Kier alpha value is -0.807. The molecule has 2 atom stereocenters. The summed E-state index contributed by atoms with van der Waals surface area (Å²) in [6.07, 6.45) is 0.797. The van der Waals surface area contributed by atoms with Crippen molar-refractivity contribution in [2.24, 2.45) is 0 Å². The van der Waals surface area contributed by atoms with Gasteiger partial charge in [0.05, 0.1) is 0 Å². The van der Waals surface area contributed by atoms with Gasteiger partial charge in [0.2, 0.25) is 0 Å². The summed E-state index contributed by atoms with van der Waals surface area (Å²) in [6, 6.07) is 9.92. The second kappa shape index (κ2) is 7.84. The van der Waals surface area contributed by atoms with Crippen molar-refractivity contribution in [3.8, 4) is 0 Å². The monoisotopic (exact) mass is 380 g/mol. The van der Waals surface area contributed by atoms with Gasteiger partial charge in [0.1, 0.15) is 0 Å². The summed E-state index contributed by atoms with van der Waals surface area (Å²) in [6.45, 7) is 9.96. The molecule has 1 aromatic rings. The molecule has 1 aliphatic heterocycles. The van der Waals surface area contributed by atoms with Crippen molar-refractivity contribution in [3.63, 3.8) is 0 Å².